The van der Waals surface area contributed by atoms with Gasteiger partial charge in [-0.15, -0.1) is 0 Å². The van der Waals surface area contributed by atoms with Crippen LogP contribution in [-0.2, 0) is 16.1 Å². The highest BCUT2D eigenvalue weighted by atomic mass is 16.5. The van der Waals surface area contributed by atoms with Crippen LogP contribution in [0.4, 0.5) is 0 Å². The Morgan fingerprint density at radius 2 is 1.71 bits per heavy atom. The van der Waals surface area contributed by atoms with Crippen molar-refractivity contribution in [2.75, 3.05) is 19.8 Å². The first-order valence-electron chi connectivity index (χ1n) is 12.2. The van der Waals surface area contributed by atoms with Gasteiger partial charge in [0, 0.05) is 5.41 Å². The quantitative estimate of drug-likeness (QED) is 0.404. The lowest BCUT2D eigenvalue weighted by Gasteiger charge is -2.37. The van der Waals surface area contributed by atoms with E-state index in [4.69, 9.17) is 19.3 Å². The van der Waals surface area contributed by atoms with E-state index in [9.17, 15) is 4.79 Å². The Morgan fingerprint density at radius 3 is 2.31 bits per heavy atom. The van der Waals surface area contributed by atoms with Crippen molar-refractivity contribution in [2.24, 2.45) is 11.3 Å². The average Bonchev–Trinajstić information content (AvgIpc) is 3.62. The molecule has 0 amide bonds. The summed E-state index contributed by atoms with van der Waals surface area (Å²) in [5.41, 5.74) is 7.03. The second-order valence-corrected chi connectivity index (χ2v) is 10.4. The zero-order chi connectivity index (χ0) is 24.6. The van der Waals surface area contributed by atoms with Crippen molar-refractivity contribution in [3.63, 3.8) is 0 Å². The Hall–Kier alpha value is -3.31. The summed E-state index contributed by atoms with van der Waals surface area (Å²) >= 11 is 0. The fraction of sp³-hybridized carbons (Fsp3) is 0.367. The van der Waals surface area contributed by atoms with Gasteiger partial charge >= 0.3 is 5.97 Å². The Labute approximate surface area is 206 Å². The molecule has 0 spiro atoms. The smallest absolute Gasteiger partial charge is 0.307 e. The highest BCUT2D eigenvalue weighted by Crippen LogP contribution is 2.47. The minimum atomic E-state index is -0.707. The van der Waals surface area contributed by atoms with Crippen LogP contribution >= 0.6 is 0 Å². The summed E-state index contributed by atoms with van der Waals surface area (Å²) in [5, 5.41) is 9.13. The zero-order valence-corrected chi connectivity index (χ0v) is 20.5. The number of hydrogen-bond acceptors (Lipinski definition) is 4. The van der Waals surface area contributed by atoms with Crippen LogP contribution in [0.1, 0.15) is 41.5 Å². The molecule has 1 aliphatic carbocycles. The van der Waals surface area contributed by atoms with Crippen molar-refractivity contribution in [1.29, 1.82) is 0 Å². The molecule has 5 heteroatoms. The molecule has 5 rings (SSSR count). The second kappa shape index (κ2) is 9.38. The van der Waals surface area contributed by atoms with Gasteiger partial charge in [-0.1, -0.05) is 37.3 Å². The van der Waals surface area contributed by atoms with Crippen LogP contribution < -0.4 is 9.47 Å². The molecule has 2 unspecified atom stereocenters. The number of rotatable bonds is 9. The lowest BCUT2D eigenvalue weighted by atomic mass is 9.90. The number of aryl methyl sites for hydroxylation is 2. The van der Waals surface area contributed by atoms with E-state index in [0.29, 0.717) is 13.2 Å². The molecule has 3 aromatic rings. The van der Waals surface area contributed by atoms with Crippen molar-refractivity contribution in [3.8, 4) is 22.6 Å². The van der Waals surface area contributed by atoms with Gasteiger partial charge in [0.05, 0.1) is 25.7 Å². The molecule has 2 fully saturated rings. The molecule has 1 aliphatic heterocycles. The molecule has 1 N–H and O–H groups in total. The third-order valence-electron chi connectivity index (χ3n) is 7.03. The third kappa shape index (κ3) is 5.20. The van der Waals surface area contributed by atoms with Gasteiger partial charge in [-0.2, -0.15) is 0 Å². The molecule has 35 heavy (non-hydrogen) atoms. The number of aliphatic carboxylic acids is 1. The van der Waals surface area contributed by atoms with Gasteiger partial charge in [-0.05, 0) is 89.9 Å². The predicted molar refractivity (Wildman–Crippen MR) is 135 cm³/mol. The van der Waals surface area contributed by atoms with Crippen LogP contribution in [0.15, 0.2) is 60.7 Å². The van der Waals surface area contributed by atoms with Crippen molar-refractivity contribution in [1.82, 2.24) is 0 Å². The molecular weight excluding hydrogens is 440 g/mol. The highest BCUT2D eigenvalue weighted by Gasteiger charge is 2.44. The van der Waals surface area contributed by atoms with E-state index in [2.05, 4.69) is 57.2 Å². The summed E-state index contributed by atoms with van der Waals surface area (Å²) in [6, 6.07) is 20.5. The molecule has 182 valence electrons. The maximum Gasteiger partial charge on any atom is 0.307 e. The van der Waals surface area contributed by atoms with E-state index in [-0.39, 0.29) is 17.3 Å². The summed E-state index contributed by atoms with van der Waals surface area (Å²) in [7, 11) is 0. The van der Waals surface area contributed by atoms with E-state index in [1.807, 2.05) is 24.3 Å². The Kier molecular flexibility index (Phi) is 6.28. The number of carbonyl (C=O) groups is 1. The molecule has 2 atom stereocenters. The van der Waals surface area contributed by atoms with Crippen LogP contribution in [0.5, 0.6) is 11.5 Å². The van der Waals surface area contributed by atoms with Crippen molar-refractivity contribution in [3.05, 3.63) is 82.9 Å². The van der Waals surface area contributed by atoms with Crippen molar-refractivity contribution in [2.45, 2.75) is 39.7 Å². The fourth-order valence-corrected chi connectivity index (χ4v) is 4.88. The van der Waals surface area contributed by atoms with E-state index >= 15 is 0 Å². The SMILES string of the molecule is Cc1cc(OCC2(C)COC2)cc(C)c1-c1cccc(COc2ccc(C3CC3C(=O)O)cc2)c1. The molecule has 0 bridgehead atoms. The fourth-order valence-electron chi connectivity index (χ4n) is 4.88. The predicted octanol–water partition coefficient (Wildman–Crippen LogP) is 6.15. The summed E-state index contributed by atoms with van der Waals surface area (Å²) in [6.07, 6.45) is 0.725. The first kappa shape index (κ1) is 23.4. The largest absolute Gasteiger partial charge is 0.493 e. The molecule has 1 saturated heterocycles. The standard InChI is InChI=1S/C30H32O5/c1-19-11-25(35-18-30(3)16-33-17-30)12-20(2)28(19)23-6-4-5-21(13-23)15-34-24-9-7-22(8-10-24)26-14-27(26)29(31)32/h4-13,26-27H,14-18H2,1-3H3,(H,31,32). The molecule has 0 aromatic heterocycles. The molecule has 1 saturated carbocycles. The summed E-state index contributed by atoms with van der Waals surface area (Å²) in [4.78, 5) is 11.1. The number of carboxylic acid groups (broad SMARTS) is 1. The maximum absolute atomic E-state index is 11.1. The van der Waals surface area contributed by atoms with Crippen LogP contribution in [0.25, 0.3) is 11.1 Å². The summed E-state index contributed by atoms with van der Waals surface area (Å²) in [6.45, 7) is 9.09. The molecule has 5 nitrogen and oxygen atoms in total. The van der Waals surface area contributed by atoms with E-state index < -0.39 is 5.97 Å². The lowest BCUT2D eigenvalue weighted by Crippen LogP contribution is -2.44. The number of hydrogen-bond donors (Lipinski definition) is 1. The van der Waals surface area contributed by atoms with Gasteiger partial charge in [0.15, 0.2) is 0 Å². The summed E-state index contributed by atoms with van der Waals surface area (Å²) in [5.74, 6) is 0.877. The molecule has 2 aliphatic rings. The molecular formula is C30H32O5. The minimum absolute atomic E-state index is 0.119. The normalized spacial score (nSPS) is 20.1. The Balaban J connectivity index is 1.24. The van der Waals surface area contributed by atoms with E-state index in [1.165, 1.54) is 16.7 Å². The molecule has 3 aromatic carbocycles. The third-order valence-corrected chi connectivity index (χ3v) is 7.03. The number of benzene rings is 3. The number of carboxylic acids is 1. The van der Waals surface area contributed by atoms with Gasteiger partial charge in [0.25, 0.3) is 0 Å². The van der Waals surface area contributed by atoms with Crippen LogP contribution in [0.2, 0.25) is 0 Å². The van der Waals surface area contributed by atoms with Gasteiger partial charge in [0.1, 0.15) is 18.1 Å². The second-order valence-electron chi connectivity index (χ2n) is 10.4. The Bertz CT molecular complexity index is 1200. The molecule has 0 radical (unpaired) electrons. The van der Waals surface area contributed by atoms with Gasteiger partial charge in [-0.3, -0.25) is 4.79 Å². The van der Waals surface area contributed by atoms with Crippen molar-refractivity contribution >= 4 is 5.97 Å². The average molecular weight is 473 g/mol. The van der Waals surface area contributed by atoms with Gasteiger partial charge in [-0.25, -0.2) is 0 Å². The van der Waals surface area contributed by atoms with Crippen LogP contribution in [0, 0.1) is 25.2 Å². The van der Waals surface area contributed by atoms with Crippen LogP contribution in [0.3, 0.4) is 0 Å². The van der Waals surface area contributed by atoms with E-state index in [0.717, 1.165) is 47.8 Å². The van der Waals surface area contributed by atoms with Crippen molar-refractivity contribution < 1.29 is 24.1 Å². The zero-order valence-electron chi connectivity index (χ0n) is 20.5. The first-order valence-corrected chi connectivity index (χ1v) is 12.2. The van der Waals surface area contributed by atoms with E-state index in [1.54, 1.807) is 0 Å². The lowest BCUT2D eigenvalue weighted by molar-refractivity contribution is -0.138. The maximum atomic E-state index is 11.1. The minimum Gasteiger partial charge on any atom is -0.493 e. The first-order chi connectivity index (χ1) is 16.8. The summed E-state index contributed by atoms with van der Waals surface area (Å²) < 4.78 is 17.4. The molecule has 1 heterocycles. The number of ether oxygens (including phenoxy) is 3. The van der Waals surface area contributed by atoms with Crippen LogP contribution in [-0.4, -0.2) is 30.9 Å². The van der Waals surface area contributed by atoms with Gasteiger partial charge < -0.3 is 19.3 Å². The Morgan fingerprint density at radius 1 is 1.00 bits per heavy atom. The highest BCUT2D eigenvalue weighted by molar-refractivity contribution is 5.75. The van der Waals surface area contributed by atoms with Gasteiger partial charge in [0.2, 0.25) is 0 Å². The monoisotopic (exact) mass is 472 g/mol. The topological polar surface area (TPSA) is 65.0 Å².